The van der Waals surface area contributed by atoms with Gasteiger partial charge in [-0.15, -0.1) is 0 Å². The number of halogens is 1. The maximum atomic E-state index is 10.5. The average molecular weight is 441 g/mol. The predicted molar refractivity (Wildman–Crippen MR) is 118 cm³/mol. The van der Waals surface area contributed by atoms with E-state index in [0.29, 0.717) is 11.3 Å². The van der Waals surface area contributed by atoms with Crippen molar-refractivity contribution in [3.63, 3.8) is 0 Å². The molecular weight excluding hydrogens is 404 g/mol. The molecule has 5 atom stereocenters. The van der Waals surface area contributed by atoms with Gasteiger partial charge >= 0.3 is 0 Å². The standard InChI is InChI=1S/C24H37ClO5/c1-24(2,3)17-8-5-14(6-9-17)11-16-12-15(7-10-18(16)25)23-22(28)21(27)20(26)19(30-23)13-29-4/h7,10,12,14,17,19-23,26-28H,5-6,8-9,11,13H2,1-4H3/t14?,17?,19-,20-,21+,22-,23+/m1/s1. The molecule has 2 aliphatic rings. The van der Waals surface area contributed by atoms with Crippen molar-refractivity contribution in [3.05, 3.63) is 34.3 Å². The van der Waals surface area contributed by atoms with Gasteiger partial charge in [0.1, 0.15) is 30.5 Å². The van der Waals surface area contributed by atoms with E-state index in [4.69, 9.17) is 21.1 Å². The number of hydrogen-bond acceptors (Lipinski definition) is 5. The van der Waals surface area contributed by atoms with Crippen LogP contribution < -0.4 is 0 Å². The molecule has 1 heterocycles. The van der Waals surface area contributed by atoms with Crippen LogP contribution in [0.15, 0.2) is 18.2 Å². The fourth-order valence-corrected chi connectivity index (χ4v) is 5.19. The van der Waals surface area contributed by atoms with Gasteiger partial charge in [0, 0.05) is 12.1 Å². The van der Waals surface area contributed by atoms with Crippen LogP contribution >= 0.6 is 11.6 Å². The zero-order chi connectivity index (χ0) is 22.1. The first-order valence-electron chi connectivity index (χ1n) is 11.1. The number of rotatable bonds is 5. The van der Waals surface area contributed by atoms with Crippen molar-refractivity contribution in [2.45, 2.75) is 83.4 Å². The Morgan fingerprint density at radius 3 is 2.30 bits per heavy atom. The van der Waals surface area contributed by atoms with E-state index in [1.54, 1.807) is 0 Å². The first-order valence-corrected chi connectivity index (χ1v) is 11.5. The molecule has 1 aromatic rings. The maximum absolute atomic E-state index is 10.5. The normalized spacial score (nSPS) is 35.4. The molecule has 1 aromatic carbocycles. The first-order chi connectivity index (χ1) is 14.1. The largest absolute Gasteiger partial charge is 0.388 e. The Kier molecular flexibility index (Phi) is 7.86. The molecule has 3 N–H and O–H groups in total. The van der Waals surface area contributed by atoms with Gasteiger partial charge in [-0.2, -0.15) is 0 Å². The number of methoxy groups -OCH3 is 1. The molecule has 0 aromatic heterocycles. The first kappa shape index (κ1) is 24.0. The minimum absolute atomic E-state index is 0.138. The average Bonchev–Trinajstić information content (AvgIpc) is 2.70. The highest BCUT2D eigenvalue weighted by Crippen LogP contribution is 2.41. The zero-order valence-corrected chi connectivity index (χ0v) is 19.3. The maximum Gasteiger partial charge on any atom is 0.113 e. The quantitative estimate of drug-likeness (QED) is 0.647. The number of aliphatic hydroxyl groups excluding tert-OH is 3. The lowest BCUT2D eigenvalue weighted by molar-refractivity contribution is -0.233. The van der Waals surface area contributed by atoms with E-state index in [1.807, 2.05) is 18.2 Å². The van der Waals surface area contributed by atoms with E-state index in [9.17, 15) is 15.3 Å². The van der Waals surface area contributed by atoms with Crippen LogP contribution in [0.4, 0.5) is 0 Å². The summed E-state index contributed by atoms with van der Waals surface area (Å²) in [5, 5.41) is 31.7. The van der Waals surface area contributed by atoms with E-state index in [0.717, 1.165) is 28.5 Å². The second kappa shape index (κ2) is 9.85. The Balaban J connectivity index is 1.72. The molecule has 6 heteroatoms. The van der Waals surface area contributed by atoms with Crippen LogP contribution in [0, 0.1) is 17.3 Å². The minimum Gasteiger partial charge on any atom is -0.388 e. The molecule has 0 amide bonds. The second-order valence-corrected chi connectivity index (χ2v) is 10.6. The summed E-state index contributed by atoms with van der Waals surface area (Å²) in [6.07, 6.45) is 0.649. The van der Waals surface area contributed by atoms with Gasteiger partial charge < -0.3 is 24.8 Å². The molecule has 5 nitrogen and oxygen atoms in total. The van der Waals surface area contributed by atoms with Gasteiger partial charge in [0.2, 0.25) is 0 Å². The molecule has 0 bridgehead atoms. The highest BCUT2D eigenvalue weighted by Gasteiger charge is 2.44. The molecule has 2 fully saturated rings. The van der Waals surface area contributed by atoms with Crippen molar-refractivity contribution in [1.29, 1.82) is 0 Å². The third kappa shape index (κ3) is 5.37. The Bertz CT molecular complexity index is 695. The van der Waals surface area contributed by atoms with E-state index < -0.39 is 30.5 Å². The van der Waals surface area contributed by atoms with Crippen LogP contribution in [0.2, 0.25) is 5.02 Å². The molecule has 1 aliphatic heterocycles. The number of hydrogen-bond donors (Lipinski definition) is 3. The SMILES string of the molecule is COC[C@H]1O[C@@H](c2ccc(Cl)c(CC3CCC(C(C)(C)C)CC3)c2)[C@H](O)[C@@H](O)[C@@H]1O. The summed E-state index contributed by atoms with van der Waals surface area (Å²) in [7, 11) is 1.51. The van der Waals surface area contributed by atoms with Crippen molar-refractivity contribution in [1.82, 2.24) is 0 Å². The topological polar surface area (TPSA) is 79.2 Å². The van der Waals surface area contributed by atoms with Crippen molar-refractivity contribution < 1.29 is 24.8 Å². The summed E-state index contributed by atoms with van der Waals surface area (Å²) in [5.74, 6) is 1.37. The number of aliphatic hydroxyl groups is 3. The summed E-state index contributed by atoms with van der Waals surface area (Å²) in [6, 6.07) is 5.65. The third-order valence-electron chi connectivity index (χ3n) is 7.02. The molecule has 1 aliphatic carbocycles. The predicted octanol–water partition coefficient (Wildman–Crippen LogP) is 3.90. The molecule has 30 heavy (non-hydrogen) atoms. The van der Waals surface area contributed by atoms with Crippen LogP contribution in [0.5, 0.6) is 0 Å². The molecule has 1 saturated carbocycles. The molecule has 3 rings (SSSR count). The number of benzene rings is 1. The highest BCUT2D eigenvalue weighted by molar-refractivity contribution is 6.31. The van der Waals surface area contributed by atoms with Crippen molar-refractivity contribution in [3.8, 4) is 0 Å². The van der Waals surface area contributed by atoms with Gasteiger partial charge in [0.25, 0.3) is 0 Å². The van der Waals surface area contributed by atoms with E-state index in [1.165, 1.54) is 32.8 Å². The summed E-state index contributed by atoms with van der Waals surface area (Å²) < 4.78 is 11.0. The highest BCUT2D eigenvalue weighted by atomic mass is 35.5. The molecule has 170 valence electrons. The van der Waals surface area contributed by atoms with Gasteiger partial charge in [-0.1, -0.05) is 44.5 Å². The van der Waals surface area contributed by atoms with Crippen LogP contribution in [0.3, 0.4) is 0 Å². The molecule has 0 radical (unpaired) electrons. The van der Waals surface area contributed by atoms with Crippen LogP contribution in [-0.2, 0) is 15.9 Å². The third-order valence-corrected chi connectivity index (χ3v) is 7.39. The lowest BCUT2D eigenvalue weighted by Crippen LogP contribution is -2.55. The molecular formula is C24H37ClO5. The van der Waals surface area contributed by atoms with Crippen LogP contribution in [0.1, 0.15) is 63.7 Å². The summed E-state index contributed by atoms with van der Waals surface area (Å²) in [5.41, 5.74) is 2.17. The number of ether oxygens (including phenoxy) is 2. The van der Waals surface area contributed by atoms with E-state index in [-0.39, 0.29) is 6.61 Å². The summed E-state index contributed by atoms with van der Waals surface area (Å²) >= 11 is 6.51. The lowest BCUT2D eigenvalue weighted by atomic mass is 9.69. The Hall–Kier alpha value is -0.690. The van der Waals surface area contributed by atoms with E-state index in [2.05, 4.69) is 20.8 Å². The Morgan fingerprint density at radius 2 is 1.70 bits per heavy atom. The smallest absolute Gasteiger partial charge is 0.113 e. The lowest BCUT2D eigenvalue weighted by Gasteiger charge is -2.41. The Labute approximate surface area is 185 Å². The van der Waals surface area contributed by atoms with Crippen molar-refractivity contribution in [2.24, 2.45) is 17.3 Å². The fraction of sp³-hybridized carbons (Fsp3) is 0.750. The van der Waals surface area contributed by atoms with Gasteiger partial charge in [0.15, 0.2) is 0 Å². The summed E-state index contributed by atoms with van der Waals surface area (Å²) in [4.78, 5) is 0. The zero-order valence-electron chi connectivity index (χ0n) is 18.6. The minimum atomic E-state index is -1.30. The van der Waals surface area contributed by atoms with Gasteiger partial charge in [-0.25, -0.2) is 0 Å². The van der Waals surface area contributed by atoms with E-state index >= 15 is 0 Å². The molecule has 0 spiro atoms. The molecule has 0 unspecified atom stereocenters. The van der Waals surface area contributed by atoms with Crippen LogP contribution in [0.25, 0.3) is 0 Å². The second-order valence-electron chi connectivity index (χ2n) is 10.2. The fourth-order valence-electron chi connectivity index (χ4n) is 5.00. The van der Waals surface area contributed by atoms with Crippen molar-refractivity contribution >= 4 is 11.6 Å². The van der Waals surface area contributed by atoms with Gasteiger partial charge in [0.05, 0.1) is 6.61 Å². The van der Waals surface area contributed by atoms with Crippen molar-refractivity contribution in [2.75, 3.05) is 13.7 Å². The Morgan fingerprint density at radius 1 is 1.03 bits per heavy atom. The summed E-state index contributed by atoms with van der Waals surface area (Å²) in [6.45, 7) is 7.13. The molecule has 1 saturated heterocycles. The van der Waals surface area contributed by atoms with Gasteiger partial charge in [-0.05, 0) is 66.5 Å². The van der Waals surface area contributed by atoms with Crippen LogP contribution in [-0.4, -0.2) is 53.5 Å². The monoisotopic (exact) mass is 440 g/mol. The van der Waals surface area contributed by atoms with Gasteiger partial charge in [-0.3, -0.25) is 0 Å².